The smallest absolute Gasteiger partial charge is 0.239 e. The van der Waals surface area contributed by atoms with Crippen LogP contribution in [0.25, 0.3) is 0 Å². The molecule has 0 spiro atoms. The summed E-state index contributed by atoms with van der Waals surface area (Å²) in [6, 6.07) is -0.557. The molecule has 0 aromatic carbocycles. The highest BCUT2D eigenvalue weighted by molar-refractivity contribution is 8.00. The summed E-state index contributed by atoms with van der Waals surface area (Å²) in [7, 11) is 0. The third kappa shape index (κ3) is 4.49. The minimum absolute atomic E-state index is 0.00368. The fourth-order valence-electron chi connectivity index (χ4n) is 1.50. The zero-order chi connectivity index (χ0) is 13.8. The number of nitrogens with one attached hydrogen (secondary N) is 2. The molecule has 104 valence electrons. The van der Waals surface area contributed by atoms with E-state index in [1.807, 2.05) is 13.8 Å². The second-order valence-electron chi connectivity index (χ2n) is 5.15. The van der Waals surface area contributed by atoms with Crippen LogP contribution in [0.1, 0.15) is 26.7 Å². The predicted octanol–water partition coefficient (Wildman–Crippen LogP) is 0.0977. The SMILES string of the molecule is CSC1(CNC(=O)CNC(=O)[C@@H](N)C(C)C)CC1. The van der Waals surface area contributed by atoms with Crippen LogP contribution >= 0.6 is 11.8 Å². The lowest BCUT2D eigenvalue weighted by Crippen LogP contribution is -2.47. The molecule has 1 aliphatic rings. The Hall–Kier alpha value is -0.750. The average molecular weight is 273 g/mol. The van der Waals surface area contributed by atoms with E-state index in [9.17, 15) is 9.59 Å². The highest BCUT2D eigenvalue weighted by atomic mass is 32.2. The van der Waals surface area contributed by atoms with E-state index in [2.05, 4.69) is 16.9 Å². The zero-order valence-electron chi connectivity index (χ0n) is 11.3. The van der Waals surface area contributed by atoms with Crippen LogP contribution in [0.4, 0.5) is 0 Å². The summed E-state index contributed by atoms with van der Waals surface area (Å²) < 4.78 is 0.244. The van der Waals surface area contributed by atoms with Gasteiger partial charge in [-0.1, -0.05) is 13.8 Å². The molecule has 1 aliphatic carbocycles. The summed E-state index contributed by atoms with van der Waals surface area (Å²) in [5, 5.41) is 5.40. The third-order valence-corrected chi connectivity index (χ3v) is 4.71. The minimum atomic E-state index is -0.557. The normalized spacial score (nSPS) is 18.3. The Kier molecular flexibility index (Phi) is 5.47. The van der Waals surface area contributed by atoms with Gasteiger partial charge < -0.3 is 16.4 Å². The summed E-state index contributed by atoms with van der Waals surface area (Å²) in [6.07, 6.45) is 4.36. The molecule has 0 radical (unpaired) electrons. The van der Waals surface area contributed by atoms with Crippen molar-refractivity contribution >= 4 is 23.6 Å². The van der Waals surface area contributed by atoms with Crippen LogP contribution in [0.3, 0.4) is 0 Å². The molecule has 0 unspecified atom stereocenters. The summed E-state index contributed by atoms with van der Waals surface area (Å²) >= 11 is 1.79. The first-order valence-corrected chi connectivity index (χ1v) is 7.48. The van der Waals surface area contributed by atoms with Gasteiger partial charge in [-0.3, -0.25) is 9.59 Å². The van der Waals surface area contributed by atoms with E-state index in [1.54, 1.807) is 11.8 Å². The highest BCUT2D eigenvalue weighted by Crippen LogP contribution is 2.46. The standard InChI is InChI=1S/C12H23N3O2S/c1-8(2)10(13)11(17)14-6-9(16)15-7-12(18-3)4-5-12/h8,10H,4-7,13H2,1-3H3,(H,14,17)(H,15,16)/t10-/m0/s1. The Labute approximate surface area is 113 Å². The van der Waals surface area contributed by atoms with E-state index in [-0.39, 0.29) is 29.0 Å². The molecular weight excluding hydrogens is 250 g/mol. The maximum absolute atomic E-state index is 11.6. The first-order chi connectivity index (χ1) is 8.40. The molecule has 2 amide bonds. The number of hydrogen-bond acceptors (Lipinski definition) is 4. The van der Waals surface area contributed by atoms with E-state index in [1.165, 1.54) is 0 Å². The molecule has 0 saturated heterocycles. The van der Waals surface area contributed by atoms with Gasteiger partial charge in [0.15, 0.2) is 0 Å². The Morgan fingerprint density at radius 3 is 2.39 bits per heavy atom. The number of carbonyl (C=O) groups excluding carboxylic acids is 2. The van der Waals surface area contributed by atoms with Crippen molar-refractivity contribution in [1.82, 2.24) is 10.6 Å². The first-order valence-electron chi connectivity index (χ1n) is 6.25. The number of carbonyl (C=O) groups is 2. The highest BCUT2D eigenvalue weighted by Gasteiger charge is 2.41. The topological polar surface area (TPSA) is 84.2 Å². The Bertz CT molecular complexity index is 316. The maximum atomic E-state index is 11.6. The van der Waals surface area contributed by atoms with Gasteiger partial charge in [0, 0.05) is 11.3 Å². The van der Waals surface area contributed by atoms with Crippen LogP contribution in [0.15, 0.2) is 0 Å². The van der Waals surface area contributed by atoms with Crippen molar-refractivity contribution in [3.05, 3.63) is 0 Å². The Morgan fingerprint density at radius 2 is 1.94 bits per heavy atom. The van der Waals surface area contributed by atoms with Crippen molar-refractivity contribution in [3.63, 3.8) is 0 Å². The monoisotopic (exact) mass is 273 g/mol. The lowest BCUT2D eigenvalue weighted by atomic mass is 10.1. The quantitative estimate of drug-likeness (QED) is 0.614. The number of rotatable bonds is 7. The number of nitrogens with two attached hydrogens (primary N) is 1. The van der Waals surface area contributed by atoms with Crippen LogP contribution in [0, 0.1) is 5.92 Å². The van der Waals surface area contributed by atoms with Gasteiger partial charge in [0.2, 0.25) is 11.8 Å². The van der Waals surface area contributed by atoms with Gasteiger partial charge in [0.05, 0.1) is 12.6 Å². The van der Waals surface area contributed by atoms with Crippen molar-refractivity contribution in [2.45, 2.75) is 37.5 Å². The molecule has 1 fully saturated rings. The van der Waals surface area contributed by atoms with Gasteiger partial charge in [-0.25, -0.2) is 0 Å². The molecule has 0 aromatic rings. The van der Waals surface area contributed by atoms with Crippen molar-refractivity contribution in [1.29, 1.82) is 0 Å². The lowest BCUT2D eigenvalue weighted by molar-refractivity contribution is -0.127. The van der Waals surface area contributed by atoms with Crippen molar-refractivity contribution in [2.75, 3.05) is 19.3 Å². The van der Waals surface area contributed by atoms with Crippen LogP contribution < -0.4 is 16.4 Å². The summed E-state index contributed by atoms with van der Waals surface area (Å²) in [6.45, 7) is 4.43. The average Bonchev–Trinajstić information content (AvgIpc) is 3.13. The first kappa shape index (κ1) is 15.3. The van der Waals surface area contributed by atoms with Crippen LogP contribution in [0.5, 0.6) is 0 Å². The summed E-state index contributed by atoms with van der Waals surface area (Å²) in [4.78, 5) is 23.1. The maximum Gasteiger partial charge on any atom is 0.239 e. The molecule has 5 nitrogen and oxygen atoms in total. The van der Waals surface area contributed by atoms with Gasteiger partial charge in [-0.05, 0) is 25.0 Å². The summed E-state index contributed by atoms with van der Waals surface area (Å²) in [5.41, 5.74) is 5.67. The largest absolute Gasteiger partial charge is 0.353 e. The lowest BCUT2D eigenvalue weighted by Gasteiger charge is -2.16. The molecule has 0 aromatic heterocycles. The van der Waals surface area contributed by atoms with Crippen LogP contribution in [0.2, 0.25) is 0 Å². The predicted molar refractivity (Wildman–Crippen MR) is 74.3 cm³/mol. The molecule has 0 heterocycles. The molecule has 0 bridgehead atoms. The molecule has 1 rings (SSSR count). The molecule has 1 atom stereocenters. The Morgan fingerprint density at radius 1 is 1.33 bits per heavy atom. The fraction of sp³-hybridized carbons (Fsp3) is 0.833. The second kappa shape index (κ2) is 6.43. The minimum Gasteiger partial charge on any atom is -0.353 e. The second-order valence-corrected chi connectivity index (χ2v) is 6.43. The molecule has 1 saturated carbocycles. The van der Waals surface area contributed by atoms with E-state index >= 15 is 0 Å². The number of amides is 2. The van der Waals surface area contributed by atoms with Crippen molar-refractivity contribution in [2.24, 2.45) is 11.7 Å². The fourth-order valence-corrected chi connectivity index (χ4v) is 2.23. The molecule has 4 N–H and O–H groups in total. The zero-order valence-corrected chi connectivity index (χ0v) is 12.1. The van der Waals surface area contributed by atoms with Crippen LogP contribution in [-0.2, 0) is 9.59 Å². The molecular formula is C12H23N3O2S. The third-order valence-electron chi connectivity index (χ3n) is 3.29. The van der Waals surface area contributed by atoms with Crippen molar-refractivity contribution < 1.29 is 9.59 Å². The number of thioether (sulfide) groups is 1. The van der Waals surface area contributed by atoms with Gasteiger partial charge in [0.25, 0.3) is 0 Å². The molecule has 6 heteroatoms. The van der Waals surface area contributed by atoms with Crippen molar-refractivity contribution in [3.8, 4) is 0 Å². The number of hydrogen-bond donors (Lipinski definition) is 3. The molecule has 18 heavy (non-hydrogen) atoms. The van der Waals surface area contributed by atoms with E-state index in [4.69, 9.17) is 5.73 Å². The van der Waals surface area contributed by atoms with Crippen LogP contribution in [-0.4, -0.2) is 41.9 Å². The van der Waals surface area contributed by atoms with Gasteiger partial charge in [-0.2, -0.15) is 11.8 Å². The van der Waals surface area contributed by atoms with Gasteiger partial charge in [-0.15, -0.1) is 0 Å². The summed E-state index contributed by atoms with van der Waals surface area (Å²) in [5.74, 6) is -0.356. The van der Waals surface area contributed by atoms with Gasteiger partial charge >= 0.3 is 0 Å². The Balaban J connectivity index is 2.19. The van der Waals surface area contributed by atoms with E-state index in [0.717, 1.165) is 12.8 Å². The van der Waals surface area contributed by atoms with Gasteiger partial charge in [0.1, 0.15) is 0 Å². The van der Waals surface area contributed by atoms with E-state index in [0.29, 0.717) is 6.54 Å². The molecule has 0 aliphatic heterocycles. The van der Waals surface area contributed by atoms with E-state index < -0.39 is 6.04 Å².